The third kappa shape index (κ3) is 4.36. The molecule has 0 atom stereocenters. The van der Waals surface area contributed by atoms with E-state index in [-0.39, 0.29) is 22.5 Å². The number of hydrogen-bond donors (Lipinski definition) is 1. The molecule has 1 saturated carbocycles. The normalized spacial score (nSPS) is 21.3. The number of thioether (sulfide) groups is 1. The van der Waals surface area contributed by atoms with Gasteiger partial charge in [0.15, 0.2) is 0 Å². The summed E-state index contributed by atoms with van der Waals surface area (Å²) in [4.78, 5) is 38.0. The highest BCUT2D eigenvalue weighted by atomic mass is 32.2. The summed E-state index contributed by atoms with van der Waals surface area (Å²) in [6, 6.07) is 7.20. The van der Waals surface area contributed by atoms with Crippen LogP contribution in [0.4, 0.5) is 10.5 Å². The molecule has 0 unspecified atom stereocenters. The van der Waals surface area contributed by atoms with Crippen LogP contribution >= 0.6 is 11.8 Å². The summed E-state index contributed by atoms with van der Waals surface area (Å²) in [5.74, 6) is -0.326. The molecule has 1 aromatic carbocycles. The maximum Gasteiger partial charge on any atom is 0.293 e. The van der Waals surface area contributed by atoms with Gasteiger partial charge in [-0.1, -0.05) is 38.3 Å². The van der Waals surface area contributed by atoms with Gasteiger partial charge in [-0.25, -0.2) is 0 Å². The summed E-state index contributed by atoms with van der Waals surface area (Å²) >= 11 is 1.01. The molecule has 3 rings (SSSR count). The quantitative estimate of drug-likeness (QED) is 0.781. The first-order valence-corrected chi connectivity index (χ1v) is 9.81. The average Bonchev–Trinajstić information content (AvgIpc) is 2.84. The molecule has 0 bridgehead atoms. The van der Waals surface area contributed by atoms with E-state index in [1.54, 1.807) is 18.2 Å². The number of nitrogens with one attached hydrogen (secondary N) is 1. The first-order chi connectivity index (χ1) is 12.4. The Morgan fingerprint density at radius 2 is 1.85 bits per heavy atom. The van der Waals surface area contributed by atoms with Gasteiger partial charge in [-0.05, 0) is 53.8 Å². The topological polar surface area (TPSA) is 66.5 Å². The number of carbonyl (C=O) groups is 3. The van der Waals surface area contributed by atoms with E-state index in [2.05, 4.69) is 12.2 Å². The van der Waals surface area contributed by atoms with E-state index in [9.17, 15) is 14.4 Å². The Hall–Kier alpha value is -2.08. The van der Waals surface area contributed by atoms with Crippen molar-refractivity contribution in [3.05, 3.63) is 34.7 Å². The van der Waals surface area contributed by atoms with Crippen LogP contribution in [0.25, 0.3) is 6.08 Å². The molecule has 1 aliphatic carbocycles. The van der Waals surface area contributed by atoms with E-state index < -0.39 is 0 Å². The van der Waals surface area contributed by atoms with E-state index in [0.29, 0.717) is 17.1 Å². The van der Waals surface area contributed by atoms with Crippen LogP contribution in [0.3, 0.4) is 0 Å². The second-order valence-corrected chi connectivity index (χ2v) is 8.44. The van der Waals surface area contributed by atoms with Gasteiger partial charge in [0, 0.05) is 19.2 Å². The molecule has 1 N–H and O–H groups in total. The maximum atomic E-state index is 12.7. The Balaban J connectivity index is 1.71. The molecule has 1 aromatic rings. The van der Waals surface area contributed by atoms with Crippen LogP contribution in [-0.2, 0) is 9.59 Å². The van der Waals surface area contributed by atoms with Crippen molar-refractivity contribution >= 4 is 40.6 Å². The number of anilines is 1. The Morgan fingerprint density at radius 1 is 1.19 bits per heavy atom. The second kappa shape index (κ2) is 7.66. The fraction of sp³-hybridized carbons (Fsp3) is 0.450. The number of amides is 3. The molecule has 3 amide bonds. The predicted molar refractivity (Wildman–Crippen MR) is 105 cm³/mol. The fourth-order valence-corrected chi connectivity index (χ4v) is 4.44. The summed E-state index contributed by atoms with van der Waals surface area (Å²) in [5.41, 5.74) is 1.57. The minimum Gasteiger partial charge on any atom is -0.326 e. The highest BCUT2D eigenvalue weighted by Gasteiger charge is 2.40. The SMILES string of the molecule is CC(=O)Nc1ccc(C=C2SC(=O)N(CC3(C)CCCCC3)C2=O)cc1. The van der Waals surface area contributed by atoms with Crippen LogP contribution in [0.2, 0.25) is 0 Å². The first-order valence-electron chi connectivity index (χ1n) is 8.99. The Labute approximate surface area is 158 Å². The lowest BCUT2D eigenvalue weighted by Crippen LogP contribution is -2.39. The Bertz CT molecular complexity index is 749. The van der Waals surface area contributed by atoms with E-state index in [1.807, 2.05) is 12.1 Å². The van der Waals surface area contributed by atoms with E-state index >= 15 is 0 Å². The summed E-state index contributed by atoms with van der Waals surface area (Å²) in [6.07, 6.45) is 7.46. The number of rotatable bonds is 4. The third-order valence-corrected chi connectivity index (χ3v) is 5.91. The van der Waals surface area contributed by atoms with Crippen molar-refractivity contribution in [3.63, 3.8) is 0 Å². The van der Waals surface area contributed by atoms with Crippen molar-refractivity contribution < 1.29 is 14.4 Å². The number of carbonyl (C=O) groups excluding carboxylic acids is 3. The number of hydrogen-bond acceptors (Lipinski definition) is 4. The van der Waals surface area contributed by atoms with Crippen LogP contribution in [-0.4, -0.2) is 28.5 Å². The molecule has 0 aromatic heterocycles. The second-order valence-electron chi connectivity index (χ2n) is 7.44. The third-order valence-electron chi connectivity index (χ3n) is 5.00. The largest absolute Gasteiger partial charge is 0.326 e. The van der Waals surface area contributed by atoms with Crippen LogP contribution < -0.4 is 5.32 Å². The van der Waals surface area contributed by atoms with Gasteiger partial charge in [0.1, 0.15) is 0 Å². The van der Waals surface area contributed by atoms with E-state index in [1.165, 1.54) is 31.1 Å². The summed E-state index contributed by atoms with van der Waals surface area (Å²) < 4.78 is 0. The zero-order valence-corrected chi connectivity index (χ0v) is 16.0. The van der Waals surface area contributed by atoms with Crippen molar-refractivity contribution in [2.75, 3.05) is 11.9 Å². The van der Waals surface area contributed by atoms with Crippen molar-refractivity contribution in [3.8, 4) is 0 Å². The van der Waals surface area contributed by atoms with Crippen molar-refractivity contribution in [1.29, 1.82) is 0 Å². The zero-order valence-electron chi connectivity index (χ0n) is 15.2. The fourth-order valence-electron chi connectivity index (χ4n) is 3.60. The number of imide groups is 1. The van der Waals surface area contributed by atoms with E-state index in [4.69, 9.17) is 0 Å². The van der Waals surface area contributed by atoms with Gasteiger partial charge in [-0.2, -0.15) is 0 Å². The van der Waals surface area contributed by atoms with Gasteiger partial charge < -0.3 is 5.32 Å². The standard InChI is InChI=1S/C20H24N2O3S/c1-14(23)21-16-8-6-15(7-9-16)12-17-18(24)22(19(25)26-17)13-20(2)10-4-3-5-11-20/h6-9,12H,3-5,10-11,13H2,1-2H3,(H,21,23). The van der Waals surface area contributed by atoms with Crippen LogP contribution in [0, 0.1) is 5.41 Å². The first kappa shape index (κ1) is 18.7. The van der Waals surface area contributed by atoms with Crippen LogP contribution in [0.15, 0.2) is 29.2 Å². The molecule has 0 radical (unpaired) electrons. The predicted octanol–water partition coefficient (Wildman–Crippen LogP) is 4.65. The van der Waals surface area contributed by atoms with E-state index in [0.717, 1.165) is 30.2 Å². The lowest BCUT2D eigenvalue weighted by Gasteiger charge is -2.35. The van der Waals surface area contributed by atoms with Gasteiger partial charge in [0.25, 0.3) is 11.1 Å². The van der Waals surface area contributed by atoms with Gasteiger partial charge in [-0.3, -0.25) is 19.3 Å². The summed E-state index contributed by atoms with van der Waals surface area (Å²) in [6.45, 7) is 4.15. The van der Waals surface area contributed by atoms with Crippen LogP contribution in [0.5, 0.6) is 0 Å². The molecule has 26 heavy (non-hydrogen) atoms. The Kier molecular flexibility index (Phi) is 5.51. The molecule has 5 nitrogen and oxygen atoms in total. The highest BCUT2D eigenvalue weighted by molar-refractivity contribution is 8.18. The lowest BCUT2D eigenvalue weighted by atomic mass is 9.75. The molecule has 138 valence electrons. The molecule has 1 aliphatic heterocycles. The van der Waals surface area contributed by atoms with Crippen molar-refractivity contribution in [2.45, 2.75) is 46.0 Å². The molecule has 2 fully saturated rings. The lowest BCUT2D eigenvalue weighted by molar-refractivity contribution is -0.124. The summed E-state index contributed by atoms with van der Waals surface area (Å²) in [5, 5.41) is 2.53. The van der Waals surface area contributed by atoms with Gasteiger partial charge in [-0.15, -0.1) is 0 Å². The van der Waals surface area contributed by atoms with Gasteiger partial charge in [0.05, 0.1) is 4.91 Å². The van der Waals surface area contributed by atoms with Crippen molar-refractivity contribution in [1.82, 2.24) is 4.90 Å². The molecule has 0 spiro atoms. The zero-order chi connectivity index (χ0) is 18.7. The van der Waals surface area contributed by atoms with Gasteiger partial charge in [0.2, 0.25) is 5.91 Å². The molecular weight excluding hydrogens is 348 g/mol. The highest BCUT2D eigenvalue weighted by Crippen LogP contribution is 2.40. The summed E-state index contributed by atoms with van der Waals surface area (Å²) in [7, 11) is 0. The maximum absolute atomic E-state index is 12.7. The minimum absolute atomic E-state index is 0.0413. The van der Waals surface area contributed by atoms with Gasteiger partial charge >= 0.3 is 0 Å². The number of benzene rings is 1. The molecule has 1 heterocycles. The minimum atomic E-state index is -0.197. The number of nitrogens with zero attached hydrogens (tertiary/aromatic N) is 1. The van der Waals surface area contributed by atoms with Crippen molar-refractivity contribution in [2.24, 2.45) is 5.41 Å². The Morgan fingerprint density at radius 3 is 2.46 bits per heavy atom. The average molecular weight is 372 g/mol. The molecule has 6 heteroatoms. The molecule has 1 saturated heterocycles. The smallest absolute Gasteiger partial charge is 0.293 e. The molecular formula is C20H24N2O3S. The van der Waals surface area contributed by atoms with Crippen LogP contribution in [0.1, 0.15) is 51.5 Å². The molecule has 2 aliphatic rings. The monoisotopic (exact) mass is 372 g/mol.